The van der Waals surface area contributed by atoms with Crippen molar-refractivity contribution in [1.82, 2.24) is 4.90 Å². The molecule has 1 unspecified atom stereocenters. The Kier molecular flexibility index (Phi) is 4.97. The average molecular weight is 262 g/mol. The smallest absolute Gasteiger partial charge is 0.0678 e. The molecule has 19 heavy (non-hydrogen) atoms. The van der Waals surface area contributed by atoms with Crippen LogP contribution in [0.15, 0.2) is 24.3 Å². The minimum absolute atomic E-state index is 0.334. The highest BCUT2D eigenvalue weighted by Crippen LogP contribution is 2.17. The summed E-state index contributed by atoms with van der Waals surface area (Å²) in [6.07, 6.45) is 0.667. The fraction of sp³-hybridized carbons (Fsp3) is 0.625. The van der Waals surface area contributed by atoms with Crippen molar-refractivity contribution < 1.29 is 4.74 Å². The first kappa shape index (κ1) is 14.5. The molecule has 1 saturated heterocycles. The maximum Gasteiger partial charge on any atom is 0.0678 e. The van der Waals surface area contributed by atoms with E-state index in [4.69, 9.17) is 10.5 Å². The van der Waals surface area contributed by atoms with Gasteiger partial charge < -0.3 is 10.5 Å². The van der Waals surface area contributed by atoms with Crippen molar-refractivity contribution in [3.05, 3.63) is 35.4 Å². The van der Waals surface area contributed by atoms with Crippen LogP contribution in [0.2, 0.25) is 0 Å². The van der Waals surface area contributed by atoms with Gasteiger partial charge in [-0.3, -0.25) is 4.90 Å². The highest BCUT2D eigenvalue weighted by Gasteiger charge is 2.21. The van der Waals surface area contributed by atoms with E-state index in [0.29, 0.717) is 24.7 Å². The predicted molar refractivity (Wildman–Crippen MR) is 79.2 cm³/mol. The summed E-state index contributed by atoms with van der Waals surface area (Å²) in [6.45, 7) is 10.2. The van der Waals surface area contributed by atoms with E-state index in [1.165, 1.54) is 11.1 Å². The summed E-state index contributed by atoms with van der Waals surface area (Å²) in [4.78, 5) is 2.47. The van der Waals surface area contributed by atoms with E-state index in [1.807, 2.05) is 0 Å². The number of benzene rings is 1. The molecule has 0 aromatic heterocycles. The van der Waals surface area contributed by atoms with Crippen LogP contribution in [0.4, 0.5) is 0 Å². The quantitative estimate of drug-likeness (QED) is 0.905. The van der Waals surface area contributed by atoms with Crippen molar-refractivity contribution in [1.29, 1.82) is 0 Å². The first-order valence-electron chi connectivity index (χ1n) is 7.25. The summed E-state index contributed by atoms with van der Waals surface area (Å²) in [5.41, 5.74) is 8.40. The van der Waals surface area contributed by atoms with Crippen LogP contribution in [0.25, 0.3) is 0 Å². The maximum absolute atomic E-state index is 5.76. The molecule has 0 radical (unpaired) electrons. The Labute approximate surface area is 116 Å². The summed E-state index contributed by atoms with van der Waals surface area (Å²) >= 11 is 0. The number of nitrogens with zero attached hydrogens (tertiary/aromatic N) is 1. The fourth-order valence-electron chi connectivity index (χ4n) is 2.76. The SMILES string of the molecule is CC(CN)c1ccc(CN2C[C@@H](C)O[C@@H](C)C2)cc1. The molecule has 3 heteroatoms. The highest BCUT2D eigenvalue weighted by atomic mass is 16.5. The fourth-order valence-corrected chi connectivity index (χ4v) is 2.76. The zero-order chi connectivity index (χ0) is 13.8. The molecule has 1 aliphatic rings. The van der Waals surface area contributed by atoms with Gasteiger partial charge in [0.1, 0.15) is 0 Å². The van der Waals surface area contributed by atoms with E-state index in [9.17, 15) is 0 Å². The van der Waals surface area contributed by atoms with Crippen LogP contribution >= 0.6 is 0 Å². The number of ether oxygens (including phenoxy) is 1. The predicted octanol–water partition coefficient (Wildman–Crippen LogP) is 2.36. The third-order valence-corrected chi connectivity index (χ3v) is 3.80. The highest BCUT2D eigenvalue weighted by molar-refractivity contribution is 5.25. The van der Waals surface area contributed by atoms with Crippen molar-refractivity contribution in [2.75, 3.05) is 19.6 Å². The molecule has 0 aliphatic carbocycles. The van der Waals surface area contributed by atoms with Gasteiger partial charge in [0.15, 0.2) is 0 Å². The minimum Gasteiger partial charge on any atom is -0.373 e. The van der Waals surface area contributed by atoms with Crippen molar-refractivity contribution in [2.45, 2.75) is 45.4 Å². The zero-order valence-electron chi connectivity index (χ0n) is 12.3. The van der Waals surface area contributed by atoms with Crippen LogP contribution in [0.3, 0.4) is 0 Å². The minimum atomic E-state index is 0.334. The number of rotatable bonds is 4. The average Bonchev–Trinajstić information content (AvgIpc) is 2.37. The summed E-state index contributed by atoms with van der Waals surface area (Å²) < 4.78 is 5.76. The third-order valence-electron chi connectivity index (χ3n) is 3.80. The molecule has 1 aromatic carbocycles. The first-order chi connectivity index (χ1) is 9.08. The summed E-state index contributed by atoms with van der Waals surface area (Å²) in [5.74, 6) is 0.442. The van der Waals surface area contributed by atoms with Gasteiger partial charge in [0, 0.05) is 19.6 Å². The number of hydrogen-bond acceptors (Lipinski definition) is 3. The Hall–Kier alpha value is -0.900. The van der Waals surface area contributed by atoms with Gasteiger partial charge in [0.25, 0.3) is 0 Å². The molecule has 2 rings (SSSR count). The lowest BCUT2D eigenvalue weighted by Gasteiger charge is -2.35. The molecule has 2 N–H and O–H groups in total. The Morgan fingerprint density at radius 2 is 1.79 bits per heavy atom. The Morgan fingerprint density at radius 1 is 1.21 bits per heavy atom. The van der Waals surface area contributed by atoms with Gasteiger partial charge in [-0.05, 0) is 37.4 Å². The lowest BCUT2D eigenvalue weighted by atomic mass is 10.00. The molecule has 0 amide bonds. The monoisotopic (exact) mass is 262 g/mol. The number of hydrogen-bond donors (Lipinski definition) is 1. The van der Waals surface area contributed by atoms with Gasteiger partial charge in [-0.2, -0.15) is 0 Å². The van der Waals surface area contributed by atoms with Gasteiger partial charge >= 0.3 is 0 Å². The van der Waals surface area contributed by atoms with Gasteiger partial charge in [-0.25, -0.2) is 0 Å². The molecule has 0 saturated carbocycles. The van der Waals surface area contributed by atoms with Crippen LogP contribution in [0, 0.1) is 0 Å². The molecular weight excluding hydrogens is 236 g/mol. The van der Waals surface area contributed by atoms with E-state index in [2.05, 4.69) is 49.9 Å². The van der Waals surface area contributed by atoms with Gasteiger partial charge in [0.05, 0.1) is 12.2 Å². The van der Waals surface area contributed by atoms with Crippen molar-refractivity contribution >= 4 is 0 Å². The van der Waals surface area contributed by atoms with Crippen molar-refractivity contribution in [3.63, 3.8) is 0 Å². The Balaban J connectivity index is 1.95. The van der Waals surface area contributed by atoms with Crippen LogP contribution in [0.5, 0.6) is 0 Å². The van der Waals surface area contributed by atoms with Crippen LogP contribution in [0.1, 0.15) is 37.8 Å². The topological polar surface area (TPSA) is 38.5 Å². The molecule has 0 spiro atoms. The van der Waals surface area contributed by atoms with Crippen molar-refractivity contribution in [2.24, 2.45) is 5.73 Å². The zero-order valence-corrected chi connectivity index (χ0v) is 12.3. The van der Waals surface area contributed by atoms with E-state index >= 15 is 0 Å². The van der Waals surface area contributed by atoms with Gasteiger partial charge in [-0.15, -0.1) is 0 Å². The van der Waals surface area contributed by atoms with Crippen molar-refractivity contribution in [3.8, 4) is 0 Å². The second-order valence-corrected chi connectivity index (χ2v) is 5.83. The normalized spacial score (nSPS) is 26.3. The number of nitrogens with two attached hydrogens (primary N) is 1. The third kappa shape index (κ3) is 4.03. The molecule has 3 atom stereocenters. The summed E-state index contributed by atoms with van der Waals surface area (Å²) in [6, 6.07) is 8.87. The van der Waals surface area contributed by atoms with E-state index in [-0.39, 0.29) is 0 Å². The molecule has 1 fully saturated rings. The van der Waals surface area contributed by atoms with E-state index in [1.54, 1.807) is 0 Å². The molecule has 1 aliphatic heterocycles. The molecule has 0 bridgehead atoms. The molecule has 1 aromatic rings. The molecule has 106 valence electrons. The van der Waals surface area contributed by atoms with E-state index < -0.39 is 0 Å². The van der Waals surface area contributed by atoms with Gasteiger partial charge in [0.2, 0.25) is 0 Å². The Bertz CT molecular complexity index is 380. The summed E-state index contributed by atoms with van der Waals surface area (Å²) in [7, 11) is 0. The van der Waals surface area contributed by atoms with Crippen LogP contribution in [-0.4, -0.2) is 36.7 Å². The maximum atomic E-state index is 5.76. The standard InChI is InChI=1S/C16H26N2O/c1-12(8-17)16-6-4-15(5-7-16)11-18-9-13(2)19-14(3)10-18/h4-7,12-14H,8-11,17H2,1-3H3/t12?,13-,14+. The Morgan fingerprint density at radius 3 is 2.32 bits per heavy atom. The second kappa shape index (κ2) is 6.51. The molecular formula is C16H26N2O. The van der Waals surface area contributed by atoms with Crippen LogP contribution < -0.4 is 5.73 Å². The second-order valence-electron chi connectivity index (χ2n) is 5.83. The lowest BCUT2D eigenvalue weighted by Crippen LogP contribution is -2.44. The number of morpholine rings is 1. The molecule has 3 nitrogen and oxygen atoms in total. The first-order valence-corrected chi connectivity index (χ1v) is 7.25. The van der Waals surface area contributed by atoms with Gasteiger partial charge in [-0.1, -0.05) is 31.2 Å². The van der Waals surface area contributed by atoms with Crippen LogP contribution in [-0.2, 0) is 11.3 Å². The lowest BCUT2D eigenvalue weighted by molar-refractivity contribution is -0.0704. The molecule has 1 heterocycles. The largest absolute Gasteiger partial charge is 0.373 e. The summed E-state index contributed by atoms with van der Waals surface area (Å²) in [5, 5.41) is 0. The van der Waals surface area contributed by atoms with E-state index in [0.717, 1.165) is 19.6 Å².